The number of rotatable bonds is 19. The van der Waals surface area contributed by atoms with Crippen molar-refractivity contribution in [1.82, 2.24) is 10.6 Å². The highest BCUT2D eigenvalue weighted by Gasteiger charge is 2.62. The Labute approximate surface area is 391 Å². The molecule has 12 unspecified atom stereocenters. The number of carbonyl (C=O) groups is 3. The second-order valence-electron chi connectivity index (χ2n) is 17.1. The summed E-state index contributed by atoms with van der Waals surface area (Å²) in [7, 11) is 1.10. The highest BCUT2D eigenvalue weighted by Crippen LogP contribution is 2.40. The van der Waals surface area contributed by atoms with Gasteiger partial charge < -0.3 is 140 Å². The fourth-order valence-electron chi connectivity index (χ4n) is 8.71. The lowest BCUT2D eigenvalue weighted by Gasteiger charge is -2.52. The molecule has 69 heavy (non-hydrogen) atoms. The Bertz CT molecular complexity index is 1670. The van der Waals surface area contributed by atoms with Gasteiger partial charge in [0.05, 0.1) is 45.2 Å². The molecular formula is C38H64N2O29. The largest absolute Gasteiger partial charge is 0.477 e. The van der Waals surface area contributed by atoms with Gasteiger partial charge in [-0.3, -0.25) is 9.59 Å². The SMILES string of the molecule is CO[C@@H]1OC(CO)[C@H](O[C@@H]2OC(CO)[C@H](O[C@@H]3OC(CO)[C@H](O)C(O[C@@H]4OC(CO)[C@H](O)C(O)C4O)C3NC(C)=O)C(O[C@]3(C(=O)O)C[C@H](O)[C@@H](NC(C)=O)[C@H]([C@H](O)[C@H](O)CO)O3)C2O)C(O)C1O. The lowest BCUT2D eigenvalue weighted by atomic mass is 9.88. The van der Waals surface area contributed by atoms with Crippen LogP contribution in [0.5, 0.6) is 0 Å². The van der Waals surface area contributed by atoms with Crippen LogP contribution in [0.2, 0.25) is 0 Å². The van der Waals surface area contributed by atoms with Gasteiger partial charge in [-0.15, -0.1) is 0 Å². The lowest BCUT2D eigenvalue weighted by Crippen LogP contribution is -2.72. The van der Waals surface area contributed by atoms with E-state index in [9.17, 15) is 96.1 Å². The van der Waals surface area contributed by atoms with E-state index in [1.165, 1.54) is 0 Å². The zero-order valence-corrected chi connectivity index (χ0v) is 37.1. The second-order valence-corrected chi connectivity index (χ2v) is 17.1. The molecule has 0 aliphatic carbocycles. The maximum atomic E-state index is 13.4. The normalized spacial score (nSPS) is 46.1. The van der Waals surface area contributed by atoms with Crippen LogP contribution in [-0.4, -0.2) is 299 Å². The predicted octanol–water partition coefficient (Wildman–Crippen LogP) is -11.8. The summed E-state index contributed by atoms with van der Waals surface area (Å²) >= 11 is 0. The molecule has 0 radical (unpaired) electrons. The van der Waals surface area contributed by atoms with E-state index in [0.717, 1.165) is 21.0 Å². The summed E-state index contributed by atoms with van der Waals surface area (Å²) in [5, 5.41) is 176. The Balaban J connectivity index is 1.61. The average Bonchev–Trinajstić information content (AvgIpc) is 3.31. The average molecular weight is 1010 g/mol. The molecule has 18 N–H and O–H groups in total. The predicted molar refractivity (Wildman–Crippen MR) is 212 cm³/mol. The van der Waals surface area contributed by atoms with Crippen molar-refractivity contribution in [1.29, 1.82) is 0 Å². The van der Waals surface area contributed by atoms with E-state index >= 15 is 0 Å². The van der Waals surface area contributed by atoms with Crippen LogP contribution in [0.3, 0.4) is 0 Å². The van der Waals surface area contributed by atoms with Gasteiger partial charge in [0, 0.05) is 27.4 Å². The molecule has 400 valence electrons. The molecule has 0 bridgehead atoms. The molecule has 0 aromatic carbocycles. The molecule has 0 aromatic rings. The third-order valence-corrected chi connectivity index (χ3v) is 12.3. The topological polar surface area (TPSA) is 491 Å². The maximum absolute atomic E-state index is 13.4. The van der Waals surface area contributed by atoms with Gasteiger partial charge in [0.1, 0.15) is 116 Å². The number of aliphatic carboxylic acids is 1. The number of carboxylic acids is 1. The summed E-state index contributed by atoms with van der Waals surface area (Å²) in [6.07, 6.45) is -47.1. The second kappa shape index (κ2) is 24.4. The minimum Gasteiger partial charge on any atom is -0.477 e. The fourth-order valence-corrected chi connectivity index (χ4v) is 8.71. The minimum atomic E-state index is -3.31. The van der Waals surface area contributed by atoms with Crippen molar-refractivity contribution in [2.45, 2.75) is 179 Å². The summed E-state index contributed by atoms with van der Waals surface area (Å²) in [5.74, 6) is -7.19. The van der Waals surface area contributed by atoms with Crippen LogP contribution >= 0.6 is 0 Å². The minimum absolute atomic E-state index is 0.848. The number of hydrogen-bond donors (Lipinski definition) is 18. The van der Waals surface area contributed by atoms with E-state index < -0.39 is 216 Å². The van der Waals surface area contributed by atoms with Gasteiger partial charge in [-0.1, -0.05) is 0 Å². The summed E-state index contributed by atoms with van der Waals surface area (Å²) in [6, 6.07) is -3.57. The van der Waals surface area contributed by atoms with Crippen molar-refractivity contribution in [2.75, 3.05) is 40.1 Å². The number of methoxy groups -OCH3 is 1. The molecular weight excluding hydrogens is 948 g/mol. The number of aliphatic hydroxyl groups is 15. The Morgan fingerprint density at radius 2 is 1.06 bits per heavy atom. The molecule has 5 aliphatic heterocycles. The Morgan fingerprint density at radius 3 is 1.61 bits per heavy atom. The van der Waals surface area contributed by atoms with Crippen molar-refractivity contribution >= 4 is 17.8 Å². The van der Waals surface area contributed by atoms with Crippen molar-refractivity contribution < 1.29 is 143 Å². The summed E-state index contributed by atoms with van der Waals surface area (Å²) in [4.78, 5) is 38.4. The first-order valence-electron chi connectivity index (χ1n) is 21.6. The number of aliphatic hydroxyl groups excluding tert-OH is 15. The smallest absolute Gasteiger partial charge is 0.364 e. The first-order chi connectivity index (χ1) is 32.5. The maximum Gasteiger partial charge on any atom is 0.364 e. The van der Waals surface area contributed by atoms with E-state index in [4.69, 9.17) is 47.4 Å². The summed E-state index contributed by atoms with van der Waals surface area (Å²) < 4.78 is 57.3. The number of amides is 2. The van der Waals surface area contributed by atoms with Crippen LogP contribution in [0.15, 0.2) is 0 Å². The van der Waals surface area contributed by atoms with Gasteiger partial charge >= 0.3 is 5.97 Å². The molecule has 31 heteroatoms. The van der Waals surface area contributed by atoms with Crippen LogP contribution in [0, 0.1) is 0 Å². The summed E-state index contributed by atoms with van der Waals surface area (Å²) in [5.41, 5.74) is 0. The van der Waals surface area contributed by atoms with E-state index in [1.807, 2.05) is 0 Å². The molecule has 5 heterocycles. The van der Waals surface area contributed by atoms with Gasteiger partial charge in [0.15, 0.2) is 25.2 Å². The van der Waals surface area contributed by atoms with Crippen molar-refractivity contribution in [3.63, 3.8) is 0 Å². The summed E-state index contributed by atoms with van der Waals surface area (Å²) in [6.45, 7) is -3.33. The third-order valence-electron chi connectivity index (χ3n) is 12.3. The van der Waals surface area contributed by atoms with Crippen LogP contribution < -0.4 is 10.6 Å². The van der Waals surface area contributed by atoms with Crippen LogP contribution in [-0.2, 0) is 61.8 Å². The molecule has 5 fully saturated rings. The quantitative estimate of drug-likeness (QED) is 0.0571. The van der Waals surface area contributed by atoms with Gasteiger partial charge in [-0.2, -0.15) is 0 Å². The molecule has 0 aromatic heterocycles. The molecule has 5 saturated heterocycles. The monoisotopic (exact) mass is 1010 g/mol. The van der Waals surface area contributed by atoms with E-state index in [-0.39, 0.29) is 0 Å². The number of carbonyl (C=O) groups excluding carboxylic acids is 2. The van der Waals surface area contributed by atoms with Crippen LogP contribution in [0.1, 0.15) is 20.3 Å². The van der Waals surface area contributed by atoms with Crippen LogP contribution in [0.25, 0.3) is 0 Å². The molecule has 31 nitrogen and oxygen atoms in total. The van der Waals surface area contributed by atoms with Gasteiger partial charge in [-0.05, 0) is 0 Å². The number of ether oxygens (including phenoxy) is 10. The molecule has 5 aliphatic rings. The van der Waals surface area contributed by atoms with E-state index in [1.54, 1.807) is 0 Å². The van der Waals surface area contributed by atoms with Gasteiger partial charge in [-0.25, -0.2) is 4.79 Å². The molecule has 0 saturated carbocycles. The Kier molecular flexibility index (Phi) is 20.3. The molecule has 5 rings (SSSR count). The molecule has 26 atom stereocenters. The van der Waals surface area contributed by atoms with Gasteiger partial charge in [0.2, 0.25) is 11.8 Å². The van der Waals surface area contributed by atoms with Gasteiger partial charge in [0.25, 0.3) is 5.79 Å². The molecule has 0 spiro atoms. The highest BCUT2D eigenvalue weighted by atomic mass is 16.8. The molecule has 2 amide bonds. The first-order valence-corrected chi connectivity index (χ1v) is 21.6. The number of nitrogens with one attached hydrogen (secondary N) is 2. The fraction of sp³-hybridized carbons (Fsp3) is 0.921. The first kappa shape index (κ1) is 57.3. The highest BCUT2D eigenvalue weighted by molar-refractivity contribution is 5.76. The van der Waals surface area contributed by atoms with Crippen molar-refractivity contribution in [2.24, 2.45) is 0 Å². The lowest BCUT2D eigenvalue weighted by molar-refractivity contribution is -0.403. The standard InChI is InChI=1S/C38H64N2O29/c1-10(46)39-18-12(48)4-38(37(58)59,68-31(18)20(50)13(49)5-41)69-32-27(57)36(65-28-16(8-44)63-34(60-3)26(56)24(28)54)64-17(9-45)29(32)66-33-19(40-11(2)47)30(22(52)15(7-43)61-33)67-35-25(55)23(53)21(51)14(6-42)62-35/h12-36,41-45,48-57H,4-9H2,1-3H3,(H,39,46)(H,40,47)(H,58,59)/t12-,13+,14?,15?,16?,17?,18+,19?,20+,21-,22-,23?,24?,25?,26?,27?,28-,29-,30?,31+,32?,33-,34+,35-,36-,38-/m0/s1. The number of hydrogen-bond acceptors (Lipinski definition) is 28. The van der Waals surface area contributed by atoms with Crippen molar-refractivity contribution in [3.8, 4) is 0 Å². The van der Waals surface area contributed by atoms with Crippen LogP contribution in [0.4, 0.5) is 0 Å². The van der Waals surface area contributed by atoms with Crippen molar-refractivity contribution in [3.05, 3.63) is 0 Å². The zero-order valence-electron chi connectivity index (χ0n) is 37.1. The number of carboxylic acid groups (broad SMARTS) is 1. The Morgan fingerprint density at radius 1 is 0.580 bits per heavy atom. The Hall–Kier alpha value is -2.59. The third kappa shape index (κ3) is 12.3. The van der Waals surface area contributed by atoms with E-state index in [2.05, 4.69) is 10.6 Å². The zero-order chi connectivity index (χ0) is 51.4. The van der Waals surface area contributed by atoms with E-state index in [0.29, 0.717) is 0 Å².